The molecule has 0 fully saturated rings. The minimum atomic E-state index is -1.15. The second kappa shape index (κ2) is 6.39. The largest absolute Gasteiger partial charge is 0.364 e. The molecule has 0 bridgehead atoms. The molecule has 0 N–H and O–H groups in total. The minimum absolute atomic E-state index is 0.0297. The zero-order valence-electron chi connectivity index (χ0n) is 13.2. The summed E-state index contributed by atoms with van der Waals surface area (Å²) in [6.07, 6.45) is 5.85. The Hall–Kier alpha value is -1.68. The molecule has 2 heterocycles. The van der Waals surface area contributed by atoms with Crippen molar-refractivity contribution >= 4 is 13.9 Å². The van der Waals surface area contributed by atoms with E-state index in [0.717, 1.165) is 18.3 Å². The number of ketones is 1. The highest BCUT2D eigenvalue weighted by atomic mass is 28.3. The van der Waals surface area contributed by atoms with Crippen molar-refractivity contribution in [2.24, 2.45) is 0 Å². The molecular weight excluding hydrogens is 276 g/mol. The maximum absolute atomic E-state index is 11.8. The van der Waals surface area contributed by atoms with Gasteiger partial charge in [-0.25, -0.2) is 0 Å². The zero-order valence-corrected chi connectivity index (χ0v) is 14.2. The van der Waals surface area contributed by atoms with Crippen LogP contribution in [0, 0.1) is 0 Å². The second-order valence-corrected chi connectivity index (χ2v) is 12.4. The number of nitrogens with zero attached hydrogens (tertiary/aromatic N) is 2. The van der Waals surface area contributed by atoms with Crippen LogP contribution in [0.1, 0.15) is 18.2 Å². The highest BCUT2D eigenvalue weighted by Crippen LogP contribution is 2.28. The van der Waals surface area contributed by atoms with Gasteiger partial charge >= 0.3 is 0 Å². The monoisotopic (exact) mass is 300 g/mol. The van der Waals surface area contributed by atoms with Gasteiger partial charge in [-0.2, -0.15) is 0 Å². The van der Waals surface area contributed by atoms with Crippen LogP contribution in [-0.4, -0.2) is 30.3 Å². The van der Waals surface area contributed by atoms with Crippen LogP contribution in [0.2, 0.25) is 25.7 Å². The van der Waals surface area contributed by atoms with Gasteiger partial charge in [-0.05, 0) is 24.3 Å². The van der Waals surface area contributed by atoms with E-state index in [0.29, 0.717) is 6.42 Å². The molecule has 2 rings (SSSR count). The maximum atomic E-state index is 11.8. The van der Waals surface area contributed by atoms with Crippen LogP contribution >= 0.6 is 0 Å². The minimum Gasteiger partial charge on any atom is -0.364 e. The smallest absolute Gasteiger partial charge is 0.159 e. The van der Waals surface area contributed by atoms with Gasteiger partial charge in [-0.15, -0.1) is 0 Å². The number of allylic oxidation sites excluding steroid dienone is 1. The number of carbonyl (C=O) groups excluding carboxylic acids is 1. The predicted molar refractivity (Wildman–Crippen MR) is 89.7 cm³/mol. The summed E-state index contributed by atoms with van der Waals surface area (Å²) in [4.78, 5) is 18.4. The summed E-state index contributed by atoms with van der Waals surface area (Å²) in [5.41, 5.74) is 2.20. The molecule has 0 aliphatic carbocycles. The normalized spacial score (nSPS) is 18.9. The van der Waals surface area contributed by atoms with Crippen LogP contribution in [-0.2, 0) is 4.79 Å². The maximum Gasteiger partial charge on any atom is 0.159 e. The first-order valence-electron chi connectivity index (χ1n) is 7.39. The second-order valence-electron chi connectivity index (χ2n) is 6.92. The Morgan fingerprint density at radius 1 is 1.43 bits per heavy atom. The van der Waals surface area contributed by atoms with Crippen LogP contribution in [0.15, 0.2) is 48.8 Å². The first-order valence-corrected chi connectivity index (χ1v) is 11.1. The van der Waals surface area contributed by atoms with Gasteiger partial charge in [0.2, 0.25) is 0 Å². The van der Waals surface area contributed by atoms with E-state index in [2.05, 4.69) is 36.1 Å². The zero-order chi connectivity index (χ0) is 15.5. The summed E-state index contributed by atoms with van der Waals surface area (Å²) in [5.74, 6) is 0.165. The summed E-state index contributed by atoms with van der Waals surface area (Å²) < 4.78 is 0. The molecule has 0 aromatic carbocycles. The molecule has 1 aliphatic rings. The Labute approximate surface area is 128 Å². The summed E-state index contributed by atoms with van der Waals surface area (Å²) >= 11 is 0. The van der Waals surface area contributed by atoms with E-state index in [1.807, 2.05) is 24.4 Å². The molecule has 1 aromatic rings. The van der Waals surface area contributed by atoms with Crippen molar-refractivity contribution in [3.05, 3.63) is 54.5 Å². The SMILES string of the molecule is C=C(CN1C=CC(=O)C[C@@H]1c1ccccn1)C[Si](C)(C)C. The first kappa shape index (κ1) is 15.7. The third-order valence-corrected chi connectivity index (χ3v) is 5.02. The molecule has 0 unspecified atom stereocenters. The molecule has 0 saturated heterocycles. The predicted octanol–water partition coefficient (Wildman–Crippen LogP) is 3.81. The fourth-order valence-electron chi connectivity index (χ4n) is 2.73. The molecule has 0 amide bonds. The quantitative estimate of drug-likeness (QED) is 0.612. The molecular formula is C17H24N2OSi. The summed E-state index contributed by atoms with van der Waals surface area (Å²) in [6, 6.07) is 7.01. The lowest BCUT2D eigenvalue weighted by molar-refractivity contribution is -0.116. The van der Waals surface area contributed by atoms with Gasteiger partial charge in [0.1, 0.15) is 0 Å². The van der Waals surface area contributed by atoms with E-state index in [-0.39, 0.29) is 11.8 Å². The van der Waals surface area contributed by atoms with Crippen molar-refractivity contribution < 1.29 is 4.79 Å². The molecule has 0 spiro atoms. The van der Waals surface area contributed by atoms with Gasteiger partial charge in [0.25, 0.3) is 0 Å². The van der Waals surface area contributed by atoms with E-state index < -0.39 is 8.07 Å². The van der Waals surface area contributed by atoms with E-state index in [1.54, 1.807) is 12.3 Å². The van der Waals surface area contributed by atoms with Crippen LogP contribution in [0.3, 0.4) is 0 Å². The Morgan fingerprint density at radius 3 is 2.81 bits per heavy atom. The molecule has 3 nitrogen and oxygen atoms in total. The third kappa shape index (κ3) is 4.67. The third-order valence-electron chi connectivity index (χ3n) is 3.46. The van der Waals surface area contributed by atoms with Gasteiger partial charge in [0.05, 0.1) is 11.7 Å². The van der Waals surface area contributed by atoms with Crippen molar-refractivity contribution in [3.63, 3.8) is 0 Å². The Balaban J connectivity index is 2.13. The number of rotatable bonds is 5. The number of hydrogen-bond acceptors (Lipinski definition) is 3. The average Bonchev–Trinajstić information content (AvgIpc) is 2.40. The standard InChI is InChI=1S/C17H24N2OSi/c1-14(13-21(2,3)4)12-19-10-8-15(20)11-17(19)16-7-5-6-9-18-16/h5-10,17H,1,11-13H2,2-4H3/t17-/m1/s1. The molecule has 112 valence electrons. The topological polar surface area (TPSA) is 33.2 Å². The van der Waals surface area contributed by atoms with Gasteiger partial charge in [-0.3, -0.25) is 9.78 Å². The van der Waals surface area contributed by atoms with E-state index in [4.69, 9.17) is 0 Å². The summed E-state index contributed by atoms with van der Waals surface area (Å²) in [7, 11) is -1.15. The van der Waals surface area contributed by atoms with Crippen molar-refractivity contribution in [1.29, 1.82) is 0 Å². The summed E-state index contributed by atoms with van der Waals surface area (Å²) in [6.45, 7) is 12.1. The Kier molecular flexibility index (Phi) is 4.78. The van der Waals surface area contributed by atoms with Crippen molar-refractivity contribution in [1.82, 2.24) is 9.88 Å². The number of pyridine rings is 1. The Morgan fingerprint density at radius 2 is 2.19 bits per heavy atom. The highest BCUT2D eigenvalue weighted by Gasteiger charge is 2.26. The molecule has 1 aromatic heterocycles. The number of hydrogen-bond donors (Lipinski definition) is 0. The lowest BCUT2D eigenvalue weighted by Crippen LogP contribution is -2.32. The summed E-state index contributed by atoms with van der Waals surface area (Å²) in [5, 5.41) is 0. The van der Waals surface area contributed by atoms with E-state index in [1.165, 1.54) is 5.57 Å². The lowest BCUT2D eigenvalue weighted by atomic mass is 10.0. The number of carbonyl (C=O) groups is 1. The van der Waals surface area contributed by atoms with E-state index in [9.17, 15) is 4.79 Å². The lowest BCUT2D eigenvalue weighted by Gasteiger charge is -2.33. The molecule has 4 heteroatoms. The van der Waals surface area contributed by atoms with E-state index >= 15 is 0 Å². The van der Waals surface area contributed by atoms with Crippen molar-refractivity contribution in [2.75, 3.05) is 6.54 Å². The molecule has 21 heavy (non-hydrogen) atoms. The van der Waals surface area contributed by atoms with Gasteiger partial charge in [0.15, 0.2) is 5.78 Å². The highest BCUT2D eigenvalue weighted by molar-refractivity contribution is 6.76. The van der Waals surface area contributed by atoms with Crippen molar-refractivity contribution in [3.8, 4) is 0 Å². The molecule has 1 atom stereocenters. The molecule has 0 saturated carbocycles. The van der Waals surface area contributed by atoms with Crippen LogP contribution in [0.4, 0.5) is 0 Å². The molecule has 0 radical (unpaired) electrons. The van der Waals surface area contributed by atoms with Crippen LogP contribution in [0.5, 0.6) is 0 Å². The average molecular weight is 300 g/mol. The first-order chi connectivity index (χ1) is 9.85. The van der Waals surface area contributed by atoms with Crippen molar-refractivity contribution in [2.45, 2.75) is 38.1 Å². The fourth-order valence-corrected chi connectivity index (χ4v) is 4.34. The fraction of sp³-hybridized carbons (Fsp3) is 0.412. The van der Waals surface area contributed by atoms with Gasteiger partial charge in [0, 0.05) is 33.4 Å². The van der Waals surface area contributed by atoms with Gasteiger partial charge in [-0.1, -0.05) is 37.9 Å². The number of aromatic nitrogens is 1. The van der Waals surface area contributed by atoms with Crippen LogP contribution < -0.4 is 0 Å². The Bertz CT molecular complexity index is 546. The van der Waals surface area contributed by atoms with Crippen LogP contribution in [0.25, 0.3) is 0 Å². The van der Waals surface area contributed by atoms with Gasteiger partial charge < -0.3 is 4.90 Å². The molecule has 1 aliphatic heterocycles.